The third-order valence-corrected chi connectivity index (χ3v) is 5.96. The first-order valence-electron chi connectivity index (χ1n) is 11.6. The van der Waals surface area contributed by atoms with E-state index < -0.39 is 5.60 Å². The monoisotopic (exact) mass is 471 g/mol. The highest BCUT2D eigenvalue weighted by Crippen LogP contribution is 2.34. The van der Waals surface area contributed by atoms with Crippen LogP contribution in [-0.2, 0) is 32.0 Å². The molecule has 0 saturated heterocycles. The Kier molecular flexibility index (Phi) is 8.93. The largest absolute Gasteiger partial charge is 0.462 e. The van der Waals surface area contributed by atoms with Gasteiger partial charge < -0.3 is 14.8 Å². The molecule has 0 unspecified atom stereocenters. The molecule has 0 aromatic heterocycles. The zero-order chi connectivity index (χ0) is 23.8. The summed E-state index contributed by atoms with van der Waals surface area (Å²) < 4.78 is 11.0. The first-order valence-corrected chi connectivity index (χ1v) is 12.0. The normalized spacial score (nSPS) is 18.5. The molecule has 0 radical (unpaired) electrons. The molecule has 0 atom stereocenters. The second-order valence-corrected chi connectivity index (χ2v) is 10.1. The van der Waals surface area contributed by atoms with Crippen LogP contribution < -0.4 is 5.32 Å². The minimum Gasteiger partial charge on any atom is -0.462 e. The number of hydrogen-bond acceptors (Lipinski definition) is 5. The standard InChI is InChI=1S/C27H34ClNO4/c1-27(2,3)33-26(31)18-29-17-20-4-8-21(9-5-20)22-10-14-24(15-11-22)32-25(30)16-19-6-12-23(28)13-7-19/h4-9,12-13,22,24,29H,10-11,14-18H2,1-3H3/t22-,24-. The van der Waals surface area contributed by atoms with E-state index in [9.17, 15) is 9.59 Å². The number of benzene rings is 2. The molecular formula is C27H34ClNO4. The van der Waals surface area contributed by atoms with Crippen LogP contribution in [0.5, 0.6) is 0 Å². The van der Waals surface area contributed by atoms with E-state index in [0.29, 0.717) is 17.5 Å². The second-order valence-electron chi connectivity index (χ2n) is 9.70. The summed E-state index contributed by atoms with van der Waals surface area (Å²) in [5.74, 6) is 0.0637. The van der Waals surface area contributed by atoms with E-state index in [1.165, 1.54) is 5.56 Å². The Bertz CT molecular complexity index is 911. The van der Waals surface area contributed by atoms with Crippen molar-refractivity contribution in [1.82, 2.24) is 5.32 Å². The van der Waals surface area contributed by atoms with Crippen LogP contribution in [0, 0.1) is 0 Å². The maximum absolute atomic E-state index is 12.3. The summed E-state index contributed by atoms with van der Waals surface area (Å²) in [4.78, 5) is 24.0. The predicted molar refractivity (Wildman–Crippen MR) is 130 cm³/mol. The molecule has 33 heavy (non-hydrogen) atoms. The zero-order valence-corrected chi connectivity index (χ0v) is 20.5. The van der Waals surface area contributed by atoms with Crippen molar-refractivity contribution in [2.45, 2.75) is 77.0 Å². The van der Waals surface area contributed by atoms with Crippen LogP contribution in [0.25, 0.3) is 0 Å². The molecule has 0 heterocycles. The van der Waals surface area contributed by atoms with E-state index in [1.54, 1.807) is 12.1 Å². The Balaban J connectivity index is 1.38. The van der Waals surface area contributed by atoms with Gasteiger partial charge in [-0.1, -0.05) is 48.0 Å². The van der Waals surface area contributed by atoms with E-state index in [1.807, 2.05) is 32.9 Å². The van der Waals surface area contributed by atoms with Crippen LogP contribution in [0.2, 0.25) is 5.02 Å². The minimum atomic E-state index is -0.464. The van der Waals surface area contributed by atoms with Crippen molar-refractivity contribution in [1.29, 1.82) is 0 Å². The smallest absolute Gasteiger partial charge is 0.320 e. The summed E-state index contributed by atoms with van der Waals surface area (Å²) in [5.41, 5.74) is 2.90. The van der Waals surface area contributed by atoms with Gasteiger partial charge in [-0.25, -0.2) is 0 Å². The molecule has 1 aliphatic rings. The molecule has 0 amide bonds. The van der Waals surface area contributed by atoms with Crippen LogP contribution in [0.3, 0.4) is 0 Å². The van der Waals surface area contributed by atoms with Gasteiger partial charge in [0.25, 0.3) is 0 Å². The fourth-order valence-electron chi connectivity index (χ4n) is 4.10. The van der Waals surface area contributed by atoms with Crippen LogP contribution >= 0.6 is 11.6 Å². The summed E-state index contributed by atoms with van der Waals surface area (Å²) in [6.07, 6.45) is 4.06. The van der Waals surface area contributed by atoms with Gasteiger partial charge in [0.15, 0.2) is 0 Å². The topological polar surface area (TPSA) is 64.6 Å². The molecule has 0 bridgehead atoms. The number of esters is 2. The molecule has 0 aliphatic heterocycles. The lowest BCUT2D eigenvalue weighted by Gasteiger charge is -2.28. The molecular weight excluding hydrogens is 438 g/mol. The lowest BCUT2D eigenvalue weighted by atomic mass is 9.82. The number of hydrogen-bond donors (Lipinski definition) is 1. The summed E-state index contributed by atoms with van der Waals surface area (Å²) in [6.45, 7) is 6.41. The quantitative estimate of drug-likeness (QED) is 0.509. The molecule has 1 fully saturated rings. The molecule has 5 nitrogen and oxygen atoms in total. The van der Waals surface area contributed by atoms with Gasteiger partial charge in [-0.05, 0) is 81.2 Å². The molecule has 3 rings (SSSR count). The maximum atomic E-state index is 12.3. The Morgan fingerprint density at radius 3 is 2.12 bits per heavy atom. The van der Waals surface area contributed by atoms with E-state index in [-0.39, 0.29) is 31.0 Å². The molecule has 2 aromatic rings. The fraction of sp³-hybridized carbons (Fsp3) is 0.481. The van der Waals surface area contributed by atoms with Gasteiger partial charge in [0.05, 0.1) is 13.0 Å². The first kappa shape index (κ1) is 25.3. The van der Waals surface area contributed by atoms with Gasteiger partial charge in [0.2, 0.25) is 0 Å². The Hall–Kier alpha value is -2.37. The Morgan fingerprint density at radius 2 is 1.52 bits per heavy atom. The zero-order valence-electron chi connectivity index (χ0n) is 19.7. The Labute approximate surface area is 201 Å². The number of halogens is 1. The SMILES string of the molecule is CC(C)(C)OC(=O)CNCc1ccc([C@H]2CC[C@H](OC(=O)Cc3ccc(Cl)cc3)CC2)cc1. The summed E-state index contributed by atoms with van der Waals surface area (Å²) in [6, 6.07) is 15.8. The molecule has 2 aromatic carbocycles. The average Bonchev–Trinajstić information content (AvgIpc) is 2.75. The van der Waals surface area contributed by atoms with Gasteiger partial charge in [-0.3, -0.25) is 9.59 Å². The third-order valence-electron chi connectivity index (χ3n) is 5.70. The maximum Gasteiger partial charge on any atom is 0.320 e. The van der Waals surface area contributed by atoms with Crippen molar-refractivity contribution < 1.29 is 19.1 Å². The first-order chi connectivity index (χ1) is 15.7. The van der Waals surface area contributed by atoms with Crippen molar-refractivity contribution in [2.75, 3.05) is 6.54 Å². The van der Waals surface area contributed by atoms with Crippen molar-refractivity contribution in [3.8, 4) is 0 Å². The minimum absolute atomic E-state index is 0.00243. The van der Waals surface area contributed by atoms with E-state index in [4.69, 9.17) is 21.1 Å². The number of nitrogens with one attached hydrogen (secondary N) is 1. The molecule has 1 saturated carbocycles. The fourth-order valence-corrected chi connectivity index (χ4v) is 4.23. The molecule has 1 N–H and O–H groups in total. The molecule has 0 spiro atoms. The lowest BCUT2D eigenvalue weighted by Crippen LogP contribution is -2.31. The van der Waals surface area contributed by atoms with Crippen molar-refractivity contribution >= 4 is 23.5 Å². The van der Waals surface area contributed by atoms with Crippen molar-refractivity contribution in [3.05, 3.63) is 70.2 Å². The van der Waals surface area contributed by atoms with Gasteiger partial charge in [0, 0.05) is 11.6 Å². The van der Waals surface area contributed by atoms with Crippen LogP contribution in [0.4, 0.5) is 0 Å². The molecule has 6 heteroatoms. The lowest BCUT2D eigenvalue weighted by molar-refractivity contribution is -0.153. The summed E-state index contributed by atoms with van der Waals surface area (Å²) in [5, 5.41) is 3.80. The summed E-state index contributed by atoms with van der Waals surface area (Å²) >= 11 is 5.89. The van der Waals surface area contributed by atoms with Gasteiger partial charge >= 0.3 is 11.9 Å². The number of carbonyl (C=O) groups is 2. The predicted octanol–water partition coefficient (Wildman–Crippen LogP) is 5.58. The van der Waals surface area contributed by atoms with Gasteiger partial charge in [0.1, 0.15) is 11.7 Å². The molecule has 178 valence electrons. The van der Waals surface area contributed by atoms with Gasteiger partial charge in [-0.15, -0.1) is 0 Å². The summed E-state index contributed by atoms with van der Waals surface area (Å²) in [7, 11) is 0. The average molecular weight is 472 g/mol. The van der Waals surface area contributed by atoms with Crippen molar-refractivity contribution in [3.63, 3.8) is 0 Å². The van der Waals surface area contributed by atoms with Crippen LogP contribution in [-0.4, -0.2) is 30.2 Å². The Morgan fingerprint density at radius 1 is 0.909 bits per heavy atom. The highest BCUT2D eigenvalue weighted by atomic mass is 35.5. The number of carbonyl (C=O) groups excluding carboxylic acids is 2. The highest BCUT2D eigenvalue weighted by molar-refractivity contribution is 6.30. The highest BCUT2D eigenvalue weighted by Gasteiger charge is 2.25. The van der Waals surface area contributed by atoms with Crippen LogP contribution in [0.15, 0.2) is 48.5 Å². The molecule has 1 aliphatic carbocycles. The number of rotatable bonds is 8. The number of ether oxygens (including phenoxy) is 2. The third kappa shape index (κ3) is 8.82. The van der Waals surface area contributed by atoms with E-state index in [2.05, 4.69) is 29.6 Å². The van der Waals surface area contributed by atoms with E-state index in [0.717, 1.165) is 36.8 Å². The second kappa shape index (κ2) is 11.7. The van der Waals surface area contributed by atoms with Gasteiger partial charge in [-0.2, -0.15) is 0 Å². The van der Waals surface area contributed by atoms with E-state index >= 15 is 0 Å². The van der Waals surface area contributed by atoms with Crippen molar-refractivity contribution in [2.24, 2.45) is 0 Å². The van der Waals surface area contributed by atoms with Crippen LogP contribution in [0.1, 0.15) is 69.1 Å².